The molecule has 1 aliphatic heterocycles. The second kappa shape index (κ2) is 7.53. The van der Waals surface area contributed by atoms with E-state index in [1.165, 1.54) is 12.1 Å². The second-order valence-corrected chi connectivity index (χ2v) is 7.19. The third-order valence-electron chi connectivity index (χ3n) is 5.30. The van der Waals surface area contributed by atoms with E-state index in [1.807, 2.05) is 24.3 Å². The fraction of sp³-hybridized carbons (Fsp3) is 0.318. The summed E-state index contributed by atoms with van der Waals surface area (Å²) < 4.78 is 38.6. The molecule has 0 saturated carbocycles. The van der Waals surface area contributed by atoms with Gasteiger partial charge in [0.2, 0.25) is 0 Å². The lowest BCUT2D eigenvalue weighted by Gasteiger charge is -2.29. The van der Waals surface area contributed by atoms with E-state index in [0.29, 0.717) is 16.8 Å². The first-order valence-corrected chi connectivity index (χ1v) is 9.42. The number of nitrogens with one attached hydrogen (secondary N) is 1. The summed E-state index contributed by atoms with van der Waals surface area (Å²) in [5, 5.41) is 15.3. The molecule has 0 bridgehead atoms. The van der Waals surface area contributed by atoms with Crippen LogP contribution in [-0.4, -0.2) is 22.7 Å². The number of halogens is 3. The van der Waals surface area contributed by atoms with Crippen molar-refractivity contribution < 1.29 is 18.3 Å². The van der Waals surface area contributed by atoms with Gasteiger partial charge in [-0.3, -0.25) is 0 Å². The Bertz CT molecular complexity index is 964. The minimum atomic E-state index is -4.37. The van der Waals surface area contributed by atoms with Gasteiger partial charge in [-0.1, -0.05) is 36.8 Å². The fourth-order valence-corrected chi connectivity index (χ4v) is 3.79. The molecule has 28 heavy (non-hydrogen) atoms. The molecule has 1 aliphatic rings. The molecule has 4 rings (SSSR count). The molecule has 6 heteroatoms. The van der Waals surface area contributed by atoms with Crippen molar-refractivity contribution in [1.29, 1.82) is 0 Å². The molecular formula is C22H21F3N2O. The van der Waals surface area contributed by atoms with E-state index in [1.54, 1.807) is 6.07 Å². The van der Waals surface area contributed by atoms with Crippen LogP contribution in [0.25, 0.3) is 22.2 Å². The van der Waals surface area contributed by atoms with Gasteiger partial charge in [-0.25, -0.2) is 4.98 Å². The van der Waals surface area contributed by atoms with Crippen LogP contribution < -0.4 is 5.32 Å². The van der Waals surface area contributed by atoms with Crippen molar-refractivity contribution in [3.63, 3.8) is 0 Å². The van der Waals surface area contributed by atoms with Crippen LogP contribution in [0.5, 0.6) is 0 Å². The quantitative estimate of drug-likeness (QED) is 0.659. The van der Waals surface area contributed by atoms with Crippen molar-refractivity contribution in [2.75, 3.05) is 6.54 Å². The number of nitrogens with zero attached hydrogens (tertiary/aromatic N) is 1. The third-order valence-corrected chi connectivity index (χ3v) is 5.30. The Balaban J connectivity index is 1.77. The normalized spacial score (nSPS) is 18.9. The van der Waals surface area contributed by atoms with Crippen LogP contribution in [0.4, 0.5) is 13.2 Å². The predicted molar refractivity (Wildman–Crippen MR) is 103 cm³/mol. The molecule has 1 saturated heterocycles. The van der Waals surface area contributed by atoms with Crippen LogP contribution in [0.1, 0.15) is 36.5 Å². The van der Waals surface area contributed by atoms with E-state index in [9.17, 15) is 18.3 Å². The fourth-order valence-electron chi connectivity index (χ4n) is 3.79. The maximum Gasteiger partial charge on any atom is 0.416 e. The van der Waals surface area contributed by atoms with Gasteiger partial charge >= 0.3 is 6.18 Å². The standard InChI is InChI=1S/C22H21F3N2O/c23-22(24,25)15-10-8-14(9-11-15)20-13-17(16-5-1-2-6-18(16)27-20)21(28)19-7-3-4-12-26-19/h1-2,5-6,8-11,13,19,21,26,28H,3-4,7,12H2/t19?,21-/m1/s1. The molecule has 3 nitrogen and oxygen atoms in total. The highest BCUT2D eigenvalue weighted by Gasteiger charge is 2.30. The van der Waals surface area contributed by atoms with Crippen molar-refractivity contribution in [2.24, 2.45) is 0 Å². The zero-order valence-electron chi connectivity index (χ0n) is 15.2. The van der Waals surface area contributed by atoms with Crippen molar-refractivity contribution >= 4 is 10.9 Å². The smallest absolute Gasteiger partial charge is 0.387 e. The van der Waals surface area contributed by atoms with Gasteiger partial charge in [0.25, 0.3) is 0 Å². The Morgan fingerprint density at radius 2 is 1.79 bits per heavy atom. The largest absolute Gasteiger partial charge is 0.416 e. The van der Waals surface area contributed by atoms with Gasteiger partial charge in [0.15, 0.2) is 0 Å². The predicted octanol–water partition coefficient (Wildman–Crippen LogP) is 5.10. The van der Waals surface area contributed by atoms with Crippen molar-refractivity contribution in [2.45, 2.75) is 37.6 Å². The number of aliphatic hydroxyl groups excluding tert-OH is 1. The first-order chi connectivity index (χ1) is 13.4. The van der Waals surface area contributed by atoms with Gasteiger partial charge in [0.05, 0.1) is 22.9 Å². The van der Waals surface area contributed by atoms with Gasteiger partial charge in [-0.2, -0.15) is 13.2 Å². The summed E-state index contributed by atoms with van der Waals surface area (Å²) in [6.07, 6.45) is -2.04. The molecule has 0 amide bonds. The van der Waals surface area contributed by atoms with E-state index >= 15 is 0 Å². The Morgan fingerprint density at radius 3 is 2.46 bits per heavy atom. The number of benzene rings is 2. The SMILES string of the molecule is O[C@H](c1cc(-c2ccc(C(F)(F)F)cc2)nc2ccccc12)C1CCCCN1. The molecule has 1 fully saturated rings. The molecule has 0 spiro atoms. The van der Waals surface area contributed by atoms with Gasteiger partial charge in [-0.05, 0) is 49.2 Å². The molecule has 2 heterocycles. The van der Waals surface area contributed by atoms with E-state index in [2.05, 4.69) is 10.3 Å². The van der Waals surface area contributed by atoms with E-state index in [4.69, 9.17) is 0 Å². The molecule has 3 aromatic rings. The Kier molecular flexibility index (Phi) is 5.08. The molecule has 1 unspecified atom stereocenters. The van der Waals surface area contributed by atoms with E-state index in [-0.39, 0.29) is 6.04 Å². The number of aromatic nitrogens is 1. The molecular weight excluding hydrogens is 365 g/mol. The number of piperidine rings is 1. The maximum absolute atomic E-state index is 12.9. The summed E-state index contributed by atoms with van der Waals surface area (Å²) in [6, 6.07) is 14.3. The molecule has 1 aromatic heterocycles. The minimum absolute atomic E-state index is 0.0417. The Morgan fingerprint density at radius 1 is 1.04 bits per heavy atom. The number of para-hydroxylation sites is 1. The monoisotopic (exact) mass is 386 g/mol. The van der Waals surface area contributed by atoms with Gasteiger partial charge < -0.3 is 10.4 Å². The third kappa shape index (κ3) is 3.75. The van der Waals surface area contributed by atoms with Gasteiger partial charge in [0, 0.05) is 17.0 Å². The number of fused-ring (bicyclic) bond motifs is 1. The first kappa shape index (κ1) is 18.9. The van der Waals surface area contributed by atoms with Crippen LogP contribution in [0.15, 0.2) is 54.6 Å². The topological polar surface area (TPSA) is 45.2 Å². The van der Waals surface area contributed by atoms with Crippen LogP contribution in [0.2, 0.25) is 0 Å². The van der Waals surface area contributed by atoms with Gasteiger partial charge in [-0.15, -0.1) is 0 Å². The number of aliphatic hydroxyl groups is 1. The summed E-state index contributed by atoms with van der Waals surface area (Å²) in [5.41, 5.74) is 1.91. The number of hydrogen-bond acceptors (Lipinski definition) is 3. The molecule has 0 aliphatic carbocycles. The van der Waals surface area contributed by atoms with Crippen molar-refractivity contribution in [1.82, 2.24) is 10.3 Å². The number of pyridine rings is 1. The number of rotatable bonds is 3. The zero-order valence-corrected chi connectivity index (χ0v) is 15.2. The second-order valence-electron chi connectivity index (χ2n) is 7.19. The van der Waals surface area contributed by atoms with Crippen LogP contribution >= 0.6 is 0 Å². The lowest BCUT2D eigenvalue weighted by Crippen LogP contribution is -2.38. The summed E-state index contributed by atoms with van der Waals surface area (Å²) >= 11 is 0. The average molecular weight is 386 g/mol. The van der Waals surface area contributed by atoms with Crippen molar-refractivity contribution in [3.8, 4) is 11.3 Å². The summed E-state index contributed by atoms with van der Waals surface area (Å²) in [5.74, 6) is 0. The summed E-state index contributed by atoms with van der Waals surface area (Å²) in [6.45, 7) is 0.872. The van der Waals surface area contributed by atoms with Crippen LogP contribution in [0, 0.1) is 0 Å². The lowest BCUT2D eigenvalue weighted by molar-refractivity contribution is -0.137. The highest BCUT2D eigenvalue weighted by atomic mass is 19.4. The molecule has 146 valence electrons. The highest BCUT2D eigenvalue weighted by molar-refractivity contribution is 5.85. The number of alkyl halides is 3. The molecule has 2 aromatic carbocycles. The zero-order chi connectivity index (χ0) is 19.7. The Labute approximate surface area is 161 Å². The summed E-state index contributed by atoms with van der Waals surface area (Å²) in [7, 11) is 0. The van der Waals surface area contributed by atoms with Crippen molar-refractivity contribution in [3.05, 3.63) is 65.7 Å². The minimum Gasteiger partial charge on any atom is -0.387 e. The van der Waals surface area contributed by atoms with E-state index < -0.39 is 17.8 Å². The number of hydrogen-bond donors (Lipinski definition) is 2. The average Bonchev–Trinajstić information content (AvgIpc) is 2.72. The van der Waals surface area contributed by atoms with E-state index in [0.717, 1.165) is 48.9 Å². The van der Waals surface area contributed by atoms with Crippen LogP contribution in [-0.2, 0) is 6.18 Å². The van der Waals surface area contributed by atoms with Gasteiger partial charge in [0.1, 0.15) is 0 Å². The van der Waals surface area contributed by atoms with Crippen LogP contribution in [0.3, 0.4) is 0 Å². The lowest BCUT2D eigenvalue weighted by atomic mass is 9.92. The molecule has 0 radical (unpaired) electrons. The summed E-state index contributed by atoms with van der Waals surface area (Å²) in [4.78, 5) is 4.61. The Hall–Kier alpha value is -2.44. The first-order valence-electron chi connectivity index (χ1n) is 9.42. The molecule has 2 N–H and O–H groups in total. The maximum atomic E-state index is 12.9. The highest BCUT2D eigenvalue weighted by Crippen LogP contribution is 2.34. The molecule has 2 atom stereocenters.